The fourth-order valence-corrected chi connectivity index (χ4v) is 3.44. The van der Waals surface area contributed by atoms with Crippen LogP contribution in [-0.2, 0) is 21.3 Å². The summed E-state index contributed by atoms with van der Waals surface area (Å²) in [6.45, 7) is 0. The van der Waals surface area contributed by atoms with Crippen LogP contribution in [0.3, 0.4) is 0 Å². The summed E-state index contributed by atoms with van der Waals surface area (Å²) in [4.78, 5) is 10.8. The molecular formula is C15H19NO2S. The zero-order chi connectivity index (χ0) is 13.7. The van der Waals surface area contributed by atoms with Crippen molar-refractivity contribution in [2.75, 3.05) is 5.75 Å². The number of allylic oxidation sites excluding steroid dienone is 2. The smallest absolute Gasteiger partial charge is 0.230 e. The molecule has 1 atom stereocenters. The highest BCUT2D eigenvalue weighted by Crippen LogP contribution is 2.29. The van der Waals surface area contributed by atoms with Crippen LogP contribution in [0.1, 0.15) is 36.8 Å². The Morgan fingerprint density at radius 3 is 2.74 bits per heavy atom. The van der Waals surface area contributed by atoms with Crippen molar-refractivity contribution in [3.63, 3.8) is 0 Å². The maximum Gasteiger partial charge on any atom is 0.230 e. The molecule has 1 amide bonds. The van der Waals surface area contributed by atoms with E-state index in [-0.39, 0.29) is 5.75 Å². The molecular weight excluding hydrogens is 258 g/mol. The number of benzene rings is 1. The number of hydrogen-bond donors (Lipinski definition) is 1. The quantitative estimate of drug-likeness (QED) is 0.898. The van der Waals surface area contributed by atoms with Crippen molar-refractivity contribution in [2.24, 2.45) is 5.73 Å². The summed E-state index contributed by atoms with van der Waals surface area (Å²) in [5, 5.41) is 0. The summed E-state index contributed by atoms with van der Waals surface area (Å²) in [5.41, 5.74) is 8.66. The van der Waals surface area contributed by atoms with Gasteiger partial charge in [0.1, 0.15) is 5.75 Å². The maximum atomic E-state index is 11.8. The van der Waals surface area contributed by atoms with Gasteiger partial charge in [0.25, 0.3) is 0 Å². The summed E-state index contributed by atoms with van der Waals surface area (Å²) in [6.07, 6.45) is 6.94. The van der Waals surface area contributed by atoms with E-state index in [0.29, 0.717) is 5.75 Å². The molecule has 4 heteroatoms. The van der Waals surface area contributed by atoms with E-state index in [9.17, 15) is 9.00 Å². The van der Waals surface area contributed by atoms with E-state index in [2.05, 4.69) is 12.1 Å². The summed E-state index contributed by atoms with van der Waals surface area (Å²) in [6, 6.07) is 8.02. The number of carbonyl (C=O) groups excluding carboxylic acids is 1. The Morgan fingerprint density at radius 2 is 2.05 bits per heavy atom. The van der Waals surface area contributed by atoms with Crippen molar-refractivity contribution in [3.8, 4) is 0 Å². The first kappa shape index (κ1) is 14.0. The monoisotopic (exact) mass is 277 g/mol. The molecule has 0 unspecified atom stereocenters. The fourth-order valence-electron chi connectivity index (χ4n) is 2.43. The van der Waals surface area contributed by atoms with E-state index in [1.54, 1.807) is 0 Å². The van der Waals surface area contributed by atoms with Gasteiger partial charge in [-0.2, -0.15) is 0 Å². The average Bonchev–Trinajstić information content (AvgIpc) is 2.39. The number of hydrogen-bond acceptors (Lipinski definition) is 2. The number of primary amides is 1. The van der Waals surface area contributed by atoms with Crippen molar-refractivity contribution >= 4 is 22.3 Å². The molecule has 0 aliphatic heterocycles. The van der Waals surface area contributed by atoms with Gasteiger partial charge in [-0.25, -0.2) is 0 Å². The highest BCUT2D eigenvalue weighted by Gasteiger charge is 2.13. The second kappa shape index (κ2) is 6.66. The standard InChI is InChI=1S/C15H19NO2S/c16-15(17)11-19(18)10-13-8-4-5-9-14(13)12-6-2-1-3-7-12/h4-6,8-9H,1-3,7,10-11H2,(H2,16,17)/t19-/m0/s1. The molecule has 102 valence electrons. The zero-order valence-electron chi connectivity index (χ0n) is 10.9. The third kappa shape index (κ3) is 4.03. The third-order valence-electron chi connectivity index (χ3n) is 3.27. The Labute approximate surface area is 116 Å². The Hall–Kier alpha value is -1.42. The third-order valence-corrected chi connectivity index (χ3v) is 4.51. The predicted molar refractivity (Wildman–Crippen MR) is 78.8 cm³/mol. The second-order valence-electron chi connectivity index (χ2n) is 4.83. The van der Waals surface area contributed by atoms with Crippen LogP contribution in [0.25, 0.3) is 5.57 Å². The molecule has 1 aromatic carbocycles. The predicted octanol–water partition coefficient (Wildman–Crippen LogP) is 2.38. The van der Waals surface area contributed by atoms with Crippen LogP contribution >= 0.6 is 0 Å². The molecule has 0 saturated carbocycles. The second-order valence-corrected chi connectivity index (χ2v) is 6.28. The van der Waals surface area contributed by atoms with Crippen LogP contribution in [0.2, 0.25) is 0 Å². The highest BCUT2D eigenvalue weighted by atomic mass is 32.2. The van der Waals surface area contributed by atoms with E-state index < -0.39 is 16.7 Å². The average molecular weight is 277 g/mol. The van der Waals surface area contributed by atoms with Gasteiger partial charge in [-0.3, -0.25) is 9.00 Å². The van der Waals surface area contributed by atoms with Crippen LogP contribution in [0.4, 0.5) is 0 Å². The molecule has 2 rings (SSSR count). The molecule has 19 heavy (non-hydrogen) atoms. The Bertz CT molecular complexity index is 523. The number of rotatable bonds is 5. The van der Waals surface area contributed by atoms with E-state index in [1.165, 1.54) is 24.0 Å². The zero-order valence-corrected chi connectivity index (χ0v) is 11.7. The van der Waals surface area contributed by atoms with E-state index >= 15 is 0 Å². The van der Waals surface area contributed by atoms with Crippen molar-refractivity contribution < 1.29 is 9.00 Å². The van der Waals surface area contributed by atoms with Crippen molar-refractivity contribution in [2.45, 2.75) is 31.4 Å². The molecule has 0 saturated heterocycles. The molecule has 1 aliphatic rings. The van der Waals surface area contributed by atoms with Gasteiger partial charge in [-0.1, -0.05) is 30.3 Å². The first-order valence-electron chi connectivity index (χ1n) is 6.57. The molecule has 0 aromatic heterocycles. The van der Waals surface area contributed by atoms with Crippen molar-refractivity contribution in [1.29, 1.82) is 0 Å². The van der Waals surface area contributed by atoms with Crippen LogP contribution < -0.4 is 5.73 Å². The van der Waals surface area contributed by atoms with Crippen LogP contribution in [0.15, 0.2) is 30.3 Å². The lowest BCUT2D eigenvalue weighted by atomic mass is 9.91. The molecule has 0 radical (unpaired) electrons. The lowest BCUT2D eigenvalue weighted by Gasteiger charge is -2.16. The van der Waals surface area contributed by atoms with Crippen LogP contribution in [0.5, 0.6) is 0 Å². The maximum absolute atomic E-state index is 11.8. The van der Waals surface area contributed by atoms with Crippen molar-refractivity contribution in [3.05, 3.63) is 41.5 Å². The minimum Gasteiger partial charge on any atom is -0.369 e. The van der Waals surface area contributed by atoms with E-state index in [1.807, 2.05) is 18.2 Å². The van der Waals surface area contributed by atoms with Gasteiger partial charge in [0.05, 0.1) is 0 Å². The van der Waals surface area contributed by atoms with Gasteiger partial charge >= 0.3 is 0 Å². The summed E-state index contributed by atoms with van der Waals surface area (Å²) < 4.78 is 11.8. The minimum atomic E-state index is -1.22. The summed E-state index contributed by atoms with van der Waals surface area (Å²) in [5.74, 6) is -0.170. The first-order valence-corrected chi connectivity index (χ1v) is 8.06. The molecule has 1 aromatic rings. The molecule has 1 aliphatic carbocycles. The summed E-state index contributed by atoms with van der Waals surface area (Å²) in [7, 11) is -1.22. The van der Waals surface area contributed by atoms with Crippen LogP contribution in [-0.4, -0.2) is 15.9 Å². The molecule has 2 N–H and O–H groups in total. The largest absolute Gasteiger partial charge is 0.369 e. The molecule has 0 spiro atoms. The highest BCUT2D eigenvalue weighted by molar-refractivity contribution is 7.84. The molecule has 0 heterocycles. The Morgan fingerprint density at radius 1 is 1.26 bits per heavy atom. The number of carbonyl (C=O) groups is 1. The lowest BCUT2D eigenvalue weighted by Crippen LogP contribution is -2.20. The van der Waals surface area contributed by atoms with Gasteiger partial charge in [-0.15, -0.1) is 0 Å². The van der Waals surface area contributed by atoms with E-state index in [4.69, 9.17) is 5.73 Å². The lowest BCUT2D eigenvalue weighted by molar-refractivity contribution is -0.115. The van der Waals surface area contributed by atoms with Crippen LogP contribution in [0, 0.1) is 0 Å². The molecule has 3 nitrogen and oxygen atoms in total. The van der Waals surface area contributed by atoms with E-state index in [0.717, 1.165) is 18.4 Å². The molecule has 0 fully saturated rings. The number of amides is 1. The van der Waals surface area contributed by atoms with Gasteiger partial charge in [0.15, 0.2) is 0 Å². The first-order chi connectivity index (χ1) is 9.16. The molecule has 0 bridgehead atoms. The SMILES string of the molecule is NC(=O)C[S@@](=O)Cc1ccccc1C1=CCCCC1. The van der Waals surface area contributed by atoms with Gasteiger partial charge < -0.3 is 5.73 Å². The topological polar surface area (TPSA) is 60.2 Å². The number of nitrogens with two attached hydrogens (primary N) is 1. The van der Waals surface area contributed by atoms with Gasteiger partial charge in [0.2, 0.25) is 5.91 Å². The van der Waals surface area contributed by atoms with Gasteiger partial charge in [-0.05, 0) is 42.4 Å². The Kier molecular flexibility index (Phi) is 4.91. The van der Waals surface area contributed by atoms with Crippen molar-refractivity contribution in [1.82, 2.24) is 0 Å². The normalized spacial score (nSPS) is 16.7. The van der Waals surface area contributed by atoms with Gasteiger partial charge in [0, 0.05) is 16.6 Å². The fraction of sp³-hybridized carbons (Fsp3) is 0.400. The summed E-state index contributed by atoms with van der Waals surface area (Å²) >= 11 is 0. The Balaban J connectivity index is 2.18. The minimum absolute atomic E-state index is 0.0621.